The number of hydrogen-bond acceptors (Lipinski definition) is 3. The fourth-order valence-electron chi connectivity index (χ4n) is 1.16. The van der Waals surface area contributed by atoms with E-state index >= 15 is 0 Å². The fourth-order valence-corrected chi connectivity index (χ4v) is 8.45. The van der Waals surface area contributed by atoms with Crippen LogP contribution in [-0.4, -0.2) is 38.2 Å². The largest absolute Gasteiger partial charge is 0.497 e. The van der Waals surface area contributed by atoms with Gasteiger partial charge in [-0.3, -0.25) is 0 Å². The van der Waals surface area contributed by atoms with Crippen LogP contribution in [0.4, 0.5) is 0 Å². The first kappa shape index (κ1) is 13.8. The third-order valence-corrected chi connectivity index (χ3v) is 11.0. The van der Waals surface area contributed by atoms with Crippen molar-refractivity contribution in [2.45, 2.75) is 12.2 Å². The van der Waals surface area contributed by atoms with Crippen molar-refractivity contribution >= 4 is 16.9 Å². The molecule has 0 atom stereocenters. The summed E-state index contributed by atoms with van der Waals surface area (Å²) in [4.78, 5) is 0. The van der Waals surface area contributed by atoms with Crippen LogP contribution in [0.5, 0.6) is 0 Å². The van der Waals surface area contributed by atoms with Crippen molar-refractivity contribution in [1.82, 2.24) is 0 Å². The summed E-state index contributed by atoms with van der Waals surface area (Å²) in [5.74, 6) is 0. The maximum absolute atomic E-state index is 5.37. The molecule has 0 heterocycles. The van der Waals surface area contributed by atoms with Crippen LogP contribution >= 0.6 is 0 Å². The Hall–Kier alpha value is -0.206. The van der Waals surface area contributed by atoms with Gasteiger partial charge in [0.05, 0.1) is 0 Å². The highest BCUT2D eigenvalue weighted by atomic mass is 28.4. The normalized spacial score (nSPS) is 12.6. The highest BCUT2D eigenvalue weighted by molar-refractivity contribution is 6.96. The van der Waals surface area contributed by atoms with Gasteiger partial charge in [-0.25, -0.2) is 0 Å². The van der Waals surface area contributed by atoms with Crippen LogP contribution in [0.2, 0.25) is 12.2 Å². The molecule has 0 spiro atoms. The summed E-state index contributed by atoms with van der Waals surface area (Å²) in [6.45, 7) is 9.83. The molecule has 3 nitrogen and oxygen atoms in total. The Bertz CT molecular complexity index is 186. The van der Waals surface area contributed by atoms with E-state index in [1.165, 1.54) is 0 Å². The van der Waals surface area contributed by atoms with Gasteiger partial charge in [0, 0.05) is 27.0 Å². The van der Waals surface area contributed by atoms with E-state index in [1.807, 2.05) is 11.4 Å². The minimum Gasteiger partial charge on any atom is -0.377 e. The number of rotatable bonds is 7. The summed E-state index contributed by atoms with van der Waals surface area (Å²) in [6.07, 6.45) is 0. The third kappa shape index (κ3) is 3.18. The molecule has 0 N–H and O–H groups in total. The van der Waals surface area contributed by atoms with E-state index in [1.54, 1.807) is 21.3 Å². The Kier molecular flexibility index (Phi) is 5.54. The van der Waals surface area contributed by atoms with Crippen molar-refractivity contribution in [3.8, 4) is 0 Å². The fraction of sp³-hybridized carbons (Fsp3) is 0.556. The first-order valence-corrected chi connectivity index (χ1v) is 9.23. The first-order chi connectivity index (χ1) is 6.51. The van der Waals surface area contributed by atoms with Gasteiger partial charge in [0.15, 0.2) is 0 Å². The van der Waals surface area contributed by atoms with E-state index in [4.69, 9.17) is 13.3 Å². The van der Waals surface area contributed by atoms with Crippen LogP contribution in [0, 0.1) is 0 Å². The maximum Gasteiger partial charge on any atom is 0.497 e. The summed E-state index contributed by atoms with van der Waals surface area (Å²) in [5.41, 5.74) is 4.73. The van der Waals surface area contributed by atoms with Gasteiger partial charge in [0.2, 0.25) is 0 Å². The molecule has 0 aromatic carbocycles. The molecule has 0 rings (SSSR count). The average Bonchev–Trinajstić information content (AvgIpc) is 2.26. The Balaban J connectivity index is 4.73. The summed E-state index contributed by atoms with van der Waals surface area (Å²) in [5, 5.41) is 0. The Morgan fingerprint density at radius 3 is 1.57 bits per heavy atom. The monoisotopic (exact) mass is 232 g/mol. The van der Waals surface area contributed by atoms with Gasteiger partial charge in [0.25, 0.3) is 0 Å². The molecular formula is C9H20O3Si2. The molecular weight excluding hydrogens is 212 g/mol. The Morgan fingerprint density at radius 2 is 1.36 bits per heavy atom. The summed E-state index contributed by atoms with van der Waals surface area (Å²) >= 11 is 0. The van der Waals surface area contributed by atoms with E-state index in [0.717, 1.165) is 5.67 Å². The molecule has 0 aromatic heterocycles. The molecule has 5 heteroatoms. The molecule has 0 aliphatic carbocycles. The van der Waals surface area contributed by atoms with Crippen LogP contribution in [-0.2, 0) is 13.3 Å². The molecule has 0 aliphatic rings. The summed E-state index contributed by atoms with van der Waals surface area (Å²) < 4.78 is 16.1. The lowest BCUT2D eigenvalue weighted by Crippen LogP contribution is -2.49. The highest BCUT2D eigenvalue weighted by Crippen LogP contribution is 2.22. The van der Waals surface area contributed by atoms with Crippen LogP contribution < -0.4 is 0 Å². The predicted molar refractivity (Wildman–Crippen MR) is 63.6 cm³/mol. The molecule has 0 fully saturated rings. The maximum atomic E-state index is 5.37. The molecule has 0 amide bonds. The quantitative estimate of drug-likeness (QED) is 0.628. The average molecular weight is 232 g/mol. The van der Waals surface area contributed by atoms with Gasteiger partial charge in [-0.1, -0.05) is 17.9 Å². The third-order valence-electron chi connectivity index (χ3n) is 2.46. The van der Waals surface area contributed by atoms with E-state index in [0.29, 0.717) is 0 Å². The van der Waals surface area contributed by atoms with Gasteiger partial charge in [-0.2, -0.15) is 0 Å². The summed E-state index contributed by atoms with van der Waals surface area (Å²) in [7, 11) is 0.719. The second-order valence-electron chi connectivity index (χ2n) is 3.39. The standard InChI is InChI=1S/C9H20O3Si2/c1-7-13(6,8-2)9-14(10-3,11-4)12-5/h7-8H,1-2,9H2,3-6H3. The Labute approximate surface area is 88.8 Å². The van der Waals surface area contributed by atoms with Crippen molar-refractivity contribution in [2.75, 3.05) is 21.3 Å². The van der Waals surface area contributed by atoms with Crippen LogP contribution in [0.15, 0.2) is 24.6 Å². The van der Waals surface area contributed by atoms with Crippen molar-refractivity contribution in [1.29, 1.82) is 0 Å². The van der Waals surface area contributed by atoms with Gasteiger partial charge >= 0.3 is 8.80 Å². The van der Waals surface area contributed by atoms with Crippen LogP contribution in [0.3, 0.4) is 0 Å². The van der Waals surface area contributed by atoms with E-state index in [-0.39, 0.29) is 0 Å². The molecule has 0 radical (unpaired) electrons. The summed E-state index contributed by atoms with van der Waals surface area (Å²) in [6, 6.07) is 0. The minimum atomic E-state index is -2.48. The van der Waals surface area contributed by atoms with E-state index in [9.17, 15) is 0 Å². The van der Waals surface area contributed by atoms with Crippen molar-refractivity contribution in [3.05, 3.63) is 24.6 Å². The molecule has 0 unspecified atom stereocenters. The van der Waals surface area contributed by atoms with Crippen LogP contribution in [0.25, 0.3) is 0 Å². The Morgan fingerprint density at radius 1 is 1.00 bits per heavy atom. The molecule has 0 saturated carbocycles. The first-order valence-electron chi connectivity index (χ1n) is 4.44. The van der Waals surface area contributed by atoms with E-state index in [2.05, 4.69) is 19.7 Å². The molecule has 82 valence electrons. The van der Waals surface area contributed by atoms with Gasteiger partial charge in [-0.05, 0) is 0 Å². The highest BCUT2D eigenvalue weighted by Gasteiger charge is 2.44. The zero-order valence-corrected chi connectivity index (χ0v) is 11.5. The van der Waals surface area contributed by atoms with Crippen molar-refractivity contribution in [2.24, 2.45) is 0 Å². The zero-order chi connectivity index (χ0) is 11.2. The van der Waals surface area contributed by atoms with Crippen LogP contribution in [0.1, 0.15) is 0 Å². The molecule has 0 aromatic rings. The lowest BCUT2D eigenvalue weighted by atomic mass is 11.2. The molecule has 0 saturated heterocycles. The lowest BCUT2D eigenvalue weighted by molar-refractivity contribution is 0.129. The second kappa shape index (κ2) is 5.62. The van der Waals surface area contributed by atoms with E-state index < -0.39 is 16.9 Å². The topological polar surface area (TPSA) is 27.7 Å². The molecule has 0 bridgehead atoms. The SMILES string of the molecule is C=C[Si](C)(C=C)C[Si](OC)(OC)OC. The van der Waals surface area contributed by atoms with Gasteiger partial charge < -0.3 is 13.3 Å². The zero-order valence-electron chi connectivity index (χ0n) is 9.50. The molecule has 0 aliphatic heterocycles. The predicted octanol–water partition coefficient (Wildman–Crippen LogP) is 1.93. The second-order valence-corrected chi connectivity index (χ2v) is 11.2. The number of hydrogen-bond donors (Lipinski definition) is 0. The van der Waals surface area contributed by atoms with Crippen molar-refractivity contribution < 1.29 is 13.3 Å². The van der Waals surface area contributed by atoms with Gasteiger partial charge in [-0.15, -0.1) is 13.2 Å². The smallest absolute Gasteiger partial charge is 0.377 e. The van der Waals surface area contributed by atoms with Gasteiger partial charge in [0.1, 0.15) is 8.07 Å². The minimum absolute atomic E-state index is 0.788. The van der Waals surface area contributed by atoms with Crippen molar-refractivity contribution in [3.63, 3.8) is 0 Å². The molecule has 14 heavy (non-hydrogen) atoms. The lowest BCUT2D eigenvalue weighted by Gasteiger charge is -2.30.